The van der Waals surface area contributed by atoms with Crippen LogP contribution in [0.5, 0.6) is 0 Å². The summed E-state index contributed by atoms with van der Waals surface area (Å²) in [6.45, 7) is 3.78. The Bertz CT molecular complexity index is 553. The molecule has 0 radical (unpaired) electrons. The number of alkyl halides is 3. The lowest BCUT2D eigenvalue weighted by molar-refractivity contribution is -0.385. The second kappa shape index (κ2) is 9.41. The third-order valence-corrected chi connectivity index (χ3v) is 3.83. The van der Waals surface area contributed by atoms with Gasteiger partial charge in [0.1, 0.15) is 0 Å². The molecule has 24 heavy (non-hydrogen) atoms. The van der Waals surface area contributed by atoms with Gasteiger partial charge in [0.25, 0.3) is 5.69 Å². The van der Waals surface area contributed by atoms with Gasteiger partial charge >= 0.3 is 6.18 Å². The fraction of sp³-hybridized carbons (Fsp3) is 0.571. The van der Waals surface area contributed by atoms with Crippen LogP contribution in [0.15, 0.2) is 18.2 Å². The van der Waals surface area contributed by atoms with Crippen LogP contribution in [0.2, 0.25) is 0 Å². The van der Waals surface area contributed by atoms with Crippen molar-refractivity contribution >= 4 is 30.5 Å². The number of benzene rings is 1. The number of hydrogen-bond donors (Lipinski definition) is 1. The molecule has 5 nitrogen and oxygen atoms in total. The van der Waals surface area contributed by atoms with Gasteiger partial charge < -0.3 is 5.32 Å². The fourth-order valence-electron chi connectivity index (χ4n) is 2.70. The van der Waals surface area contributed by atoms with Crippen molar-refractivity contribution in [2.24, 2.45) is 0 Å². The molecule has 2 rings (SSSR count). The summed E-state index contributed by atoms with van der Waals surface area (Å²) in [6.07, 6.45) is -5.33. The Labute approximate surface area is 150 Å². The molecule has 0 spiro atoms. The Morgan fingerprint density at radius 1 is 1.29 bits per heavy atom. The topological polar surface area (TPSA) is 58.4 Å². The van der Waals surface area contributed by atoms with E-state index >= 15 is 0 Å². The first-order valence-corrected chi connectivity index (χ1v) is 7.04. The zero-order chi connectivity index (χ0) is 16.3. The van der Waals surface area contributed by atoms with Crippen LogP contribution in [0.1, 0.15) is 23.6 Å². The molecular weight excluding hydrogens is 370 g/mol. The lowest BCUT2D eigenvalue weighted by Gasteiger charge is -2.35. The van der Waals surface area contributed by atoms with Gasteiger partial charge in [0, 0.05) is 43.9 Å². The molecule has 0 bridgehead atoms. The standard InChI is InChI=1S/C14H18F3N3O2.2ClH/c1-10-2-3-11(8-12(10)20(21)22)13(9-14(15,16)17)19-6-4-18-5-7-19;;/h2-3,8,13,18H,4-7,9H2,1H3;2*1H/t13-;;/m0../s1. The first-order valence-electron chi connectivity index (χ1n) is 7.04. The van der Waals surface area contributed by atoms with Crippen molar-refractivity contribution in [1.29, 1.82) is 0 Å². The molecule has 0 aliphatic carbocycles. The molecule has 138 valence electrons. The average molecular weight is 390 g/mol. The summed E-state index contributed by atoms with van der Waals surface area (Å²) in [5.74, 6) is 0. The van der Waals surface area contributed by atoms with Gasteiger partial charge in [-0.05, 0) is 12.5 Å². The van der Waals surface area contributed by atoms with Crippen LogP contribution in [0.3, 0.4) is 0 Å². The zero-order valence-corrected chi connectivity index (χ0v) is 14.6. The van der Waals surface area contributed by atoms with Gasteiger partial charge in [0.15, 0.2) is 0 Å². The molecule has 0 amide bonds. The molecule has 1 fully saturated rings. The van der Waals surface area contributed by atoms with Gasteiger partial charge in [-0.1, -0.05) is 12.1 Å². The summed E-state index contributed by atoms with van der Waals surface area (Å²) in [7, 11) is 0. The predicted molar refractivity (Wildman–Crippen MR) is 90.2 cm³/mol. The Morgan fingerprint density at radius 2 is 1.88 bits per heavy atom. The van der Waals surface area contributed by atoms with Gasteiger partial charge in [-0.2, -0.15) is 13.2 Å². The highest BCUT2D eigenvalue weighted by atomic mass is 35.5. The summed E-state index contributed by atoms with van der Waals surface area (Å²) >= 11 is 0. The summed E-state index contributed by atoms with van der Waals surface area (Å²) in [5.41, 5.74) is 0.649. The summed E-state index contributed by atoms with van der Waals surface area (Å²) in [5, 5.41) is 14.1. The van der Waals surface area contributed by atoms with E-state index in [0.717, 1.165) is 0 Å². The molecule has 0 unspecified atom stereocenters. The molecule has 1 aliphatic rings. The van der Waals surface area contributed by atoms with E-state index in [1.165, 1.54) is 12.1 Å². The number of nitro groups is 1. The number of halogens is 5. The van der Waals surface area contributed by atoms with Crippen LogP contribution >= 0.6 is 24.8 Å². The molecule has 10 heteroatoms. The minimum absolute atomic E-state index is 0. The van der Waals surface area contributed by atoms with Crippen molar-refractivity contribution in [1.82, 2.24) is 10.2 Å². The second-order valence-corrected chi connectivity index (χ2v) is 5.42. The van der Waals surface area contributed by atoms with E-state index in [9.17, 15) is 23.3 Å². The SMILES string of the molecule is Cc1ccc([C@H](CC(F)(F)F)N2CCNCC2)cc1[N+](=O)[O-].Cl.Cl. The van der Waals surface area contributed by atoms with Gasteiger partial charge in [-0.25, -0.2) is 0 Å². The van der Waals surface area contributed by atoms with E-state index in [0.29, 0.717) is 37.3 Å². The number of nitro benzene ring substituents is 1. The highest BCUT2D eigenvalue weighted by Crippen LogP contribution is 2.35. The van der Waals surface area contributed by atoms with Crippen LogP contribution < -0.4 is 5.32 Å². The van der Waals surface area contributed by atoms with E-state index in [4.69, 9.17) is 0 Å². The van der Waals surface area contributed by atoms with Crippen molar-refractivity contribution in [2.45, 2.75) is 25.6 Å². The number of hydrogen-bond acceptors (Lipinski definition) is 4. The van der Waals surface area contributed by atoms with Crippen LogP contribution in [-0.2, 0) is 0 Å². The van der Waals surface area contributed by atoms with Gasteiger partial charge in [0.2, 0.25) is 0 Å². The van der Waals surface area contributed by atoms with Gasteiger partial charge in [0.05, 0.1) is 11.3 Å². The molecule has 1 N–H and O–H groups in total. The Morgan fingerprint density at radius 3 is 2.38 bits per heavy atom. The highest BCUT2D eigenvalue weighted by Gasteiger charge is 2.36. The fourth-order valence-corrected chi connectivity index (χ4v) is 2.70. The van der Waals surface area contributed by atoms with Crippen molar-refractivity contribution in [3.63, 3.8) is 0 Å². The number of piperazine rings is 1. The van der Waals surface area contributed by atoms with Crippen molar-refractivity contribution in [3.05, 3.63) is 39.4 Å². The molecule has 1 atom stereocenters. The van der Waals surface area contributed by atoms with E-state index in [2.05, 4.69) is 5.32 Å². The predicted octanol–water partition coefficient (Wildman–Crippen LogP) is 3.65. The summed E-state index contributed by atoms with van der Waals surface area (Å²) in [4.78, 5) is 12.2. The van der Waals surface area contributed by atoms with Crippen molar-refractivity contribution < 1.29 is 18.1 Å². The average Bonchev–Trinajstić information content (AvgIpc) is 2.45. The number of nitrogens with zero attached hydrogens (tertiary/aromatic N) is 2. The van der Waals surface area contributed by atoms with Gasteiger partial charge in [-0.15, -0.1) is 24.8 Å². The van der Waals surface area contributed by atoms with Gasteiger partial charge in [-0.3, -0.25) is 15.0 Å². The Kier molecular flexibility index (Phi) is 8.98. The number of nitrogens with one attached hydrogen (secondary N) is 1. The monoisotopic (exact) mass is 389 g/mol. The van der Waals surface area contributed by atoms with Crippen molar-refractivity contribution in [3.8, 4) is 0 Å². The lowest BCUT2D eigenvalue weighted by atomic mass is 9.98. The molecule has 0 saturated carbocycles. The van der Waals surface area contributed by atoms with E-state index < -0.39 is 23.6 Å². The quantitative estimate of drug-likeness (QED) is 0.630. The van der Waals surface area contributed by atoms with Crippen LogP contribution in [0.4, 0.5) is 18.9 Å². The molecule has 0 aromatic heterocycles. The first-order chi connectivity index (χ1) is 10.3. The smallest absolute Gasteiger partial charge is 0.314 e. The summed E-state index contributed by atoms with van der Waals surface area (Å²) in [6, 6.07) is 3.45. The Hall–Kier alpha value is -1.09. The molecule has 1 aromatic rings. The number of rotatable bonds is 4. The molecule has 1 aromatic carbocycles. The first kappa shape index (κ1) is 22.9. The summed E-state index contributed by atoms with van der Waals surface area (Å²) < 4.78 is 38.7. The molecule has 1 heterocycles. The van der Waals surface area contributed by atoms with E-state index in [-0.39, 0.29) is 30.5 Å². The highest BCUT2D eigenvalue weighted by molar-refractivity contribution is 5.85. The number of aryl methyl sites for hydroxylation is 1. The normalized spacial score (nSPS) is 16.7. The molecule has 1 aliphatic heterocycles. The van der Waals surface area contributed by atoms with E-state index in [1.807, 2.05) is 0 Å². The maximum atomic E-state index is 12.9. The molecule has 1 saturated heterocycles. The molecular formula is C14H20Cl2F3N3O2. The minimum atomic E-state index is -4.32. The van der Waals surface area contributed by atoms with Crippen LogP contribution in [-0.4, -0.2) is 42.2 Å². The second-order valence-electron chi connectivity index (χ2n) is 5.42. The van der Waals surface area contributed by atoms with Crippen LogP contribution in [0.25, 0.3) is 0 Å². The maximum Gasteiger partial charge on any atom is 0.390 e. The minimum Gasteiger partial charge on any atom is -0.314 e. The largest absolute Gasteiger partial charge is 0.390 e. The zero-order valence-electron chi connectivity index (χ0n) is 13.0. The van der Waals surface area contributed by atoms with E-state index in [1.54, 1.807) is 17.9 Å². The van der Waals surface area contributed by atoms with Crippen molar-refractivity contribution in [2.75, 3.05) is 26.2 Å². The maximum absolute atomic E-state index is 12.9. The Balaban J connectivity index is 0.00000264. The van der Waals surface area contributed by atoms with Crippen LogP contribution in [0, 0.1) is 17.0 Å². The third-order valence-electron chi connectivity index (χ3n) is 3.83. The third kappa shape index (κ3) is 6.08. The lowest BCUT2D eigenvalue weighted by Crippen LogP contribution is -2.46.